The molecule has 0 saturated carbocycles. The van der Waals surface area contributed by atoms with Crippen LogP contribution in [0.15, 0.2) is 36.5 Å². The molecule has 0 fully saturated rings. The largest absolute Gasteiger partial charge is 0.493 e. The predicted octanol–water partition coefficient (Wildman–Crippen LogP) is 4.23. The maximum Gasteiger partial charge on any atom is 0.304 e. The fraction of sp³-hybridized carbons (Fsp3) is 0.524. The molecule has 0 heterocycles. The van der Waals surface area contributed by atoms with E-state index in [0.29, 0.717) is 37.1 Å². The molecule has 0 aliphatic rings. The number of carbonyl (C=O) groups is 1. The normalized spacial score (nSPS) is 10.9. The summed E-state index contributed by atoms with van der Waals surface area (Å²) in [5.74, 6) is 0.601. The monoisotopic (exact) mass is 392 g/mol. The number of carboxylic acids is 1. The van der Waals surface area contributed by atoms with E-state index in [4.69, 9.17) is 22.1 Å². The number of hydrogen-bond donors (Lipinski definition) is 2. The first-order chi connectivity index (χ1) is 12.8. The predicted molar refractivity (Wildman–Crippen MR) is 114 cm³/mol. The van der Waals surface area contributed by atoms with E-state index in [1.54, 1.807) is 6.92 Å². The van der Waals surface area contributed by atoms with Gasteiger partial charge >= 0.3 is 5.97 Å². The Morgan fingerprint density at radius 1 is 1.37 bits per heavy atom. The van der Waals surface area contributed by atoms with E-state index in [-0.39, 0.29) is 6.42 Å². The number of rotatable bonds is 13. The van der Waals surface area contributed by atoms with Gasteiger partial charge in [-0.2, -0.15) is 0 Å². The van der Waals surface area contributed by atoms with Gasteiger partial charge in [-0.05, 0) is 30.5 Å². The van der Waals surface area contributed by atoms with Gasteiger partial charge in [-0.3, -0.25) is 9.69 Å². The summed E-state index contributed by atoms with van der Waals surface area (Å²) in [6.45, 7) is 12.4. The standard InChI is InChI=1S/C21H32N2O3S/c1-5-18(6-2)15-26-20-9-7-8-19(12-20)14-23(11-10-21(24)25)13-16(3)22-17(4)27/h7-9,12,18H,3,5-6,10-11,13-15H2,1-2,4H3,(H,22,27)(H,24,25). The third-order valence-electron chi connectivity index (χ3n) is 4.35. The lowest BCUT2D eigenvalue weighted by molar-refractivity contribution is -0.137. The van der Waals surface area contributed by atoms with Gasteiger partial charge in [-0.25, -0.2) is 0 Å². The third kappa shape index (κ3) is 10.1. The molecule has 0 spiro atoms. The number of aliphatic carboxylic acids is 1. The fourth-order valence-corrected chi connectivity index (χ4v) is 2.90. The van der Waals surface area contributed by atoms with Crippen LogP contribution in [0.25, 0.3) is 0 Å². The van der Waals surface area contributed by atoms with Crippen molar-refractivity contribution in [3.05, 3.63) is 42.1 Å². The highest BCUT2D eigenvalue weighted by Crippen LogP contribution is 2.18. The molecule has 0 bridgehead atoms. The number of nitrogens with zero attached hydrogens (tertiary/aromatic N) is 1. The van der Waals surface area contributed by atoms with E-state index >= 15 is 0 Å². The summed E-state index contributed by atoms with van der Waals surface area (Å²) >= 11 is 5.05. The van der Waals surface area contributed by atoms with Gasteiger partial charge in [0.15, 0.2) is 0 Å². The number of carboxylic acid groups (broad SMARTS) is 1. The molecule has 5 nitrogen and oxygen atoms in total. The van der Waals surface area contributed by atoms with Crippen molar-refractivity contribution in [2.45, 2.75) is 46.6 Å². The maximum absolute atomic E-state index is 11.0. The third-order valence-corrected chi connectivity index (χ3v) is 4.46. The lowest BCUT2D eigenvalue weighted by atomic mass is 10.1. The Hall–Kier alpha value is -1.92. The summed E-state index contributed by atoms with van der Waals surface area (Å²) < 4.78 is 5.94. The van der Waals surface area contributed by atoms with Gasteiger partial charge in [0.1, 0.15) is 5.75 Å². The van der Waals surface area contributed by atoms with Gasteiger partial charge < -0.3 is 15.2 Å². The van der Waals surface area contributed by atoms with Gasteiger partial charge in [-0.1, -0.05) is 57.6 Å². The second-order valence-electron chi connectivity index (χ2n) is 6.78. The highest BCUT2D eigenvalue weighted by Gasteiger charge is 2.11. The zero-order valence-corrected chi connectivity index (χ0v) is 17.5. The van der Waals surface area contributed by atoms with Gasteiger partial charge in [0, 0.05) is 25.3 Å². The van der Waals surface area contributed by atoms with Crippen LogP contribution in [0.5, 0.6) is 5.75 Å². The first kappa shape index (κ1) is 23.1. The molecule has 0 radical (unpaired) electrons. The molecule has 0 atom stereocenters. The first-order valence-corrected chi connectivity index (χ1v) is 9.86. The van der Waals surface area contributed by atoms with Crippen LogP contribution in [-0.4, -0.2) is 40.7 Å². The zero-order valence-electron chi connectivity index (χ0n) is 16.7. The van der Waals surface area contributed by atoms with Crippen LogP contribution < -0.4 is 10.1 Å². The van der Waals surface area contributed by atoms with E-state index in [0.717, 1.165) is 29.9 Å². The topological polar surface area (TPSA) is 61.8 Å². The number of ether oxygens (including phenoxy) is 1. The molecule has 6 heteroatoms. The molecule has 0 amide bonds. The summed E-state index contributed by atoms with van der Waals surface area (Å²) in [6.07, 6.45) is 2.29. The van der Waals surface area contributed by atoms with Crippen molar-refractivity contribution >= 4 is 23.2 Å². The number of thiocarbonyl (C=S) groups is 1. The second kappa shape index (κ2) is 12.5. The van der Waals surface area contributed by atoms with Crippen molar-refractivity contribution < 1.29 is 14.6 Å². The summed E-state index contributed by atoms with van der Waals surface area (Å²) in [6, 6.07) is 7.99. The van der Waals surface area contributed by atoms with Gasteiger partial charge in [0.2, 0.25) is 0 Å². The number of hydrogen-bond acceptors (Lipinski definition) is 4. The highest BCUT2D eigenvalue weighted by atomic mass is 32.1. The molecule has 0 aliphatic carbocycles. The fourth-order valence-electron chi connectivity index (χ4n) is 2.76. The maximum atomic E-state index is 11.0. The minimum absolute atomic E-state index is 0.0781. The van der Waals surface area contributed by atoms with Crippen LogP contribution in [0, 0.1) is 5.92 Å². The lowest BCUT2D eigenvalue weighted by Crippen LogP contribution is -2.32. The number of nitrogens with one attached hydrogen (secondary N) is 1. The zero-order chi connectivity index (χ0) is 20.2. The average Bonchev–Trinajstić information content (AvgIpc) is 2.60. The minimum Gasteiger partial charge on any atom is -0.493 e. The van der Waals surface area contributed by atoms with Crippen LogP contribution in [0.3, 0.4) is 0 Å². The molecule has 0 unspecified atom stereocenters. The molecule has 0 aliphatic heterocycles. The van der Waals surface area contributed by atoms with E-state index < -0.39 is 5.97 Å². The Bertz CT molecular complexity index is 630. The van der Waals surface area contributed by atoms with Crippen molar-refractivity contribution in [3.8, 4) is 5.75 Å². The van der Waals surface area contributed by atoms with Crippen molar-refractivity contribution in [2.24, 2.45) is 5.92 Å². The van der Waals surface area contributed by atoms with Crippen molar-refractivity contribution in [1.29, 1.82) is 0 Å². The quantitative estimate of drug-likeness (QED) is 0.490. The van der Waals surface area contributed by atoms with Crippen LogP contribution >= 0.6 is 12.2 Å². The minimum atomic E-state index is -0.813. The molecule has 1 aromatic rings. The lowest BCUT2D eigenvalue weighted by Gasteiger charge is -2.23. The Balaban J connectivity index is 2.74. The molecule has 0 saturated heterocycles. The molecular formula is C21H32N2O3S. The summed E-state index contributed by atoms with van der Waals surface area (Å²) in [7, 11) is 0. The van der Waals surface area contributed by atoms with Crippen molar-refractivity contribution in [2.75, 3.05) is 19.7 Å². The van der Waals surface area contributed by atoms with Crippen LogP contribution in [0.4, 0.5) is 0 Å². The van der Waals surface area contributed by atoms with Gasteiger partial charge in [-0.15, -0.1) is 0 Å². The molecular weight excluding hydrogens is 360 g/mol. The summed E-state index contributed by atoms with van der Waals surface area (Å²) in [4.78, 5) is 13.7. The number of benzene rings is 1. The van der Waals surface area contributed by atoms with E-state index in [9.17, 15) is 4.79 Å². The van der Waals surface area contributed by atoms with Gasteiger partial charge in [0.25, 0.3) is 0 Å². The summed E-state index contributed by atoms with van der Waals surface area (Å²) in [5.41, 5.74) is 1.84. The molecule has 27 heavy (non-hydrogen) atoms. The van der Waals surface area contributed by atoms with Crippen LogP contribution in [0.1, 0.15) is 45.6 Å². The Labute approximate surface area is 168 Å². The Kier molecular flexibility index (Phi) is 10.7. The summed E-state index contributed by atoms with van der Waals surface area (Å²) in [5, 5.41) is 12.0. The van der Waals surface area contributed by atoms with E-state index in [1.165, 1.54) is 0 Å². The molecule has 2 N–H and O–H groups in total. The molecule has 1 aromatic carbocycles. The highest BCUT2D eigenvalue weighted by molar-refractivity contribution is 7.80. The van der Waals surface area contributed by atoms with Crippen molar-refractivity contribution in [3.63, 3.8) is 0 Å². The molecule has 0 aromatic heterocycles. The molecule has 150 valence electrons. The Morgan fingerprint density at radius 2 is 2.07 bits per heavy atom. The van der Waals surface area contributed by atoms with E-state index in [1.807, 2.05) is 29.2 Å². The van der Waals surface area contributed by atoms with E-state index in [2.05, 4.69) is 25.7 Å². The first-order valence-electron chi connectivity index (χ1n) is 9.45. The SMILES string of the molecule is C=C(CN(CCC(=O)O)Cc1cccc(OCC(CC)CC)c1)NC(C)=S. The van der Waals surface area contributed by atoms with Crippen LogP contribution in [-0.2, 0) is 11.3 Å². The molecule has 1 rings (SSSR count). The second-order valence-corrected chi connectivity index (χ2v) is 7.39. The van der Waals surface area contributed by atoms with Gasteiger partial charge in [0.05, 0.1) is 18.0 Å². The van der Waals surface area contributed by atoms with Crippen LogP contribution in [0.2, 0.25) is 0 Å². The smallest absolute Gasteiger partial charge is 0.304 e. The Morgan fingerprint density at radius 3 is 2.67 bits per heavy atom. The average molecular weight is 393 g/mol. The van der Waals surface area contributed by atoms with Crippen molar-refractivity contribution in [1.82, 2.24) is 10.2 Å².